The Labute approximate surface area is 220 Å². The second kappa shape index (κ2) is 10.4. The van der Waals surface area contributed by atoms with Crippen molar-refractivity contribution in [3.05, 3.63) is 87.9 Å². The molecule has 1 aliphatic heterocycles. The zero-order valence-electron chi connectivity index (χ0n) is 19.2. The fraction of sp³-hybridized carbons (Fsp3) is 0.208. The van der Waals surface area contributed by atoms with Crippen molar-refractivity contribution in [3.63, 3.8) is 0 Å². The number of carbonyl (C=O) groups is 1. The molecule has 0 saturated carbocycles. The third kappa shape index (κ3) is 6.01. The SMILES string of the molecule is CS(=O)(=O)N(CC(=O)Nc1ccc2c(c1)N(S(=O)(=O)c1ccc(Cl)cc1)CC2)Cc1ccc(Cl)cc1. The molecule has 0 aliphatic carbocycles. The standard InChI is InChI=1S/C24H23Cl2N3O5S2/c1-35(31,32)28(15-17-2-5-19(25)6-3-17)16-24(30)27-21-9-4-18-12-13-29(23(18)14-21)36(33,34)22-10-7-20(26)8-11-22/h2-11,14H,12-13,15-16H2,1H3,(H,27,30). The van der Waals surface area contributed by atoms with Gasteiger partial charge in [-0.2, -0.15) is 4.31 Å². The highest BCUT2D eigenvalue weighted by Crippen LogP contribution is 2.35. The van der Waals surface area contributed by atoms with Crippen LogP contribution in [0.25, 0.3) is 0 Å². The number of halogens is 2. The van der Waals surface area contributed by atoms with E-state index in [4.69, 9.17) is 23.2 Å². The van der Waals surface area contributed by atoms with Gasteiger partial charge in [-0.15, -0.1) is 0 Å². The first kappa shape index (κ1) is 26.4. The Morgan fingerprint density at radius 2 is 1.56 bits per heavy atom. The van der Waals surface area contributed by atoms with Gasteiger partial charge in [0.2, 0.25) is 15.9 Å². The quantitative estimate of drug-likeness (QED) is 0.440. The molecule has 1 heterocycles. The number of sulfonamides is 2. The van der Waals surface area contributed by atoms with Crippen molar-refractivity contribution < 1.29 is 21.6 Å². The first-order chi connectivity index (χ1) is 16.9. The Morgan fingerprint density at radius 3 is 2.17 bits per heavy atom. The van der Waals surface area contributed by atoms with E-state index in [0.29, 0.717) is 33.4 Å². The van der Waals surface area contributed by atoms with E-state index in [9.17, 15) is 21.6 Å². The van der Waals surface area contributed by atoms with Crippen LogP contribution in [0.4, 0.5) is 11.4 Å². The van der Waals surface area contributed by atoms with E-state index < -0.39 is 32.5 Å². The van der Waals surface area contributed by atoms with E-state index in [1.165, 1.54) is 28.6 Å². The smallest absolute Gasteiger partial charge is 0.264 e. The molecule has 190 valence electrons. The first-order valence-electron chi connectivity index (χ1n) is 10.8. The number of hydrogen-bond donors (Lipinski definition) is 1. The number of nitrogens with zero attached hydrogens (tertiary/aromatic N) is 2. The number of benzene rings is 3. The number of nitrogens with one attached hydrogen (secondary N) is 1. The molecule has 0 saturated heterocycles. The van der Waals surface area contributed by atoms with Gasteiger partial charge in [-0.05, 0) is 66.1 Å². The monoisotopic (exact) mass is 567 g/mol. The molecule has 12 heteroatoms. The van der Waals surface area contributed by atoms with Crippen molar-refractivity contribution in [1.82, 2.24) is 4.31 Å². The van der Waals surface area contributed by atoms with E-state index >= 15 is 0 Å². The second-order valence-corrected chi connectivity index (χ2v) is 13.0. The van der Waals surface area contributed by atoms with Gasteiger partial charge in [0.15, 0.2) is 0 Å². The van der Waals surface area contributed by atoms with Crippen molar-refractivity contribution in [2.75, 3.05) is 29.0 Å². The van der Waals surface area contributed by atoms with Gasteiger partial charge >= 0.3 is 0 Å². The summed E-state index contributed by atoms with van der Waals surface area (Å²) in [5.41, 5.74) is 2.32. The van der Waals surface area contributed by atoms with Crippen LogP contribution in [0.2, 0.25) is 10.0 Å². The molecule has 0 radical (unpaired) electrons. The van der Waals surface area contributed by atoms with Crippen LogP contribution in [0.1, 0.15) is 11.1 Å². The molecule has 0 atom stereocenters. The fourth-order valence-electron chi connectivity index (χ4n) is 3.86. The Balaban J connectivity index is 1.51. The summed E-state index contributed by atoms with van der Waals surface area (Å²) in [7, 11) is -7.51. The lowest BCUT2D eigenvalue weighted by Gasteiger charge is -2.21. The highest BCUT2D eigenvalue weighted by molar-refractivity contribution is 7.92. The Bertz CT molecular complexity index is 1490. The molecule has 8 nitrogen and oxygen atoms in total. The predicted molar refractivity (Wildman–Crippen MR) is 141 cm³/mol. The predicted octanol–water partition coefficient (Wildman–Crippen LogP) is 4.15. The molecule has 3 aromatic rings. The molecular weight excluding hydrogens is 545 g/mol. The zero-order valence-corrected chi connectivity index (χ0v) is 22.3. The van der Waals surface area contributed by atoms with Crippen molar-refractivity contribution >= 4 is 60.5 Å². The number of anilines is 2. The van der Waals surface area contributed by atoms with Gasteiger partial charge in [-0.3, -0.25) is 9.10 Å². The van der Waals surface area contributed by atoms with Crippen LogP contribution in [0.3, 0.4) is 0 Å². The minimum absolute atomic E-state index is 0.000718. The maximum absolute atomic E-state index is 13.2. The molecule has 0 unspecified atom stereocenters. The summed E-state index contributed by atoms with van der Waals surface area (Å²) in [4.78, 5) is 12.9. The van der Waals surface area contributed by atoms with Crippen molar-refractivity contribution in [1.29, 1.82) is 0 Å². The zero-order chi connectivity index (χ0) is 26.1. The van der Waals surface area contributed by atoms with E-state index in [1.807, 2.05) is 0 Å². The largest absolute Gasteiger partial charge is 0.325 e. The summed E-state index contributed by atoms with van der Waals surface area (Å²) in [5, 5.41) is 3.63. The minimum Gasteiger partial charge on any atom is -0.325 e. The highest BCUT2D eigenvalue weighted by atomic mass is 35.5. The lowest BCUT2D eigenvalue weighted by atomic mass is 10.1. The van der Waals surface area contributed by atoms with Gasteiger partial charge in [0, 0.05) is 28.8 Å². The van der Waals surface area contributed by atoms with Crippen molar-refractivity contribution in [2.24, 2.45) is 0 Å². The minimum atomic E-state index is -3.83. The van der Waals surface area contributed by atoms with E-state index in [2.05, 4.69) is 5.32 Å². The van der Waals surface area contributed by atoms with Crippen LogP contribution >= 0.6 is 23.2 Å². The molecular formula is C24H23Cl2N3O5S2. The van der Waals surface area contributed by atoms with Crippen LogP contribution in [0, 0.1) is 0 Å². The van der Waals surface area contributed by atoms with Crippen molar-refractivity contribution in [2.45, 2.75) is 17.9 Å². The molecule has 1 amide bonds. The second-order valence-electron chi connectivity index (χ2n) is 8.33. The molecule has 36 heavy (non-hydrogen) atoms. The molecule has 0 spiro atoms. The Morgan fingerprint density at radius 1 is 0.944 bits per heavy atom. The molecule has 0 fully saturated rings. The Kier molecular flexibility index (Phi) is 7.63. The number of rotatable bonds is 8. The van der Waals surface area contributed by atoms with Crippen LogP contribution in [-0.4, -0.2) is 46.4 Å². The maximum Gasteiger partial charge on any atom is 0.264 e. The lowest BCUT2D eigenvalue weighted by Crippen LogP contribution is -2.36. The molecule has 0 aromatic heterocycles. The van der Waals surface area contributed by atoms with Gasteiger partial charge < -0.3 is 5.32 Å². The number of amides is 1. The number of hydrogen-bond acceptors (Lipinski definition) is 5. The van der Waals surface area contributed by atoms with Crippen LogP contribution in [0.5, 0.6) is 0 Å². The lowest BCUT2D eigenvalue weighted by molar-refractivity contribution is -0.116. The van der Waals surface area contributed by atoms with E-state index in [1.54, 1.807) is 42.5 Å². The summed E-state index contributed by atoms with van der Waals surface area (Å²) >= 11 is 11.8. The van der Waals surface area contributed by atoms with Crippen molar-refractivity contribution in [3.8, 4) is 0 Å². The van der Waals surface area contributed by atoms with Gasteiger partial charge in [-0.1, -0.05) is 41.4 Å². The van der Waals surface area contributed by atoms with Crippen LogP contribution in [0.15, 0.2) is 71.6 Å². The fourth-order valence-corrected chi connectivity index (χ4v) is 6.34. The van der Waals surface area contributed by atoms with E-state index in [0.717, 1.165) is 16.1 Å². The average molecular weight is 569 g/mol. The maximum atomic E-state index is 13.2. The summed E-state index contributed by atoms with van der Waals surface area (Å²) in [6, 6.07) is 17.6. The van der Waals surface area contributed by atoms with Gasteiger partial charge in [-0.25, -0.2) is 16.8 Å². The van der Waals surface area contributed by atoms with Gasteiger partial charge in [0.05, 0.1) is 23.4 Å². The summed E-state index contributed by atoms with van der Waals surface area (Å²) < 4.78 is 53.3. The molecule has 4 rings (SSSR count). The molecule has 1 aliphatic rings. The molecule has 0 bridgehead atoms. The normalized spacial score (nSPS) is 13.6. The topological polar surface area (TPSA) is 104 Å². The van der Waals surface area contributed by atoms with Gasteiger partial charge in [0.1, 0.15) is 0 Å². The molecule has 3 aromatic carbocycles. The number of carbonyl (C=O) groups excluding carboxylic acids is 1. The summed E-state index contributed by atoms with van der Waals surface area (Å²) in [6.45, 7) is -0.146. The van der Waals surface area contributed by atoms with Crippen LogP contribution < -0.4 is 9.62 Å². The Hall–Kier alpha value is -2.63. The van der Waals surface area contributed by atoms with Crippen LogP contribution in [-0.2, 0) is 37.8 Å². The third-order valence-electron chi connectivity index (χ3n) is 5.68. The average Bonchev–Trinajstić information content (AvgIpc) is 3.24. The number of fused-ring (bicyclic) bond motifs is 1. The third-order valence-corrected chi connectivity index (χ3v) is 9.21. The molecule has 1 N–H and O–H groups in total. The summed E-state index contributed by atoms with van der Waals surface area (Å²) in [6.07, 6.45) is 1.56. The highest BCUT2D eigenvalue weighted by Gasteiger charge is 2.31. The summed E-state index contributed by atoms with van der Waals surface area (Å²) in [5.74, 6) is -0.556. The van der Waals surface area contributed by atoms with E-state index in [-0.39, 0.29) is 18.0 Å². The first-order valence-corrected chi connectivity index (χ1v) is 14.9. The van der Waals surface area contributed by atoms with Gasteiger partial charge in [0.25, 0.3) is 10.0 Å².